The van der Waals surface area contributed by atoms with E-state index in [-0.39, 0.29) is 24.1 Å². The average molecular weight is 371 g/mol. The van der Waals surface area contributed by atoms with Gasteiger partial charge in [0.05, 0.1) is 0 Å². The standard InChI is InChI=1S/C20H26FN5O/c1-3-5-16-23-17-18-22-15(11-13-6-8-14(21)9-7-13)12-26(18)20(27)25(10-4-2)19(17)24-16/h6-9,15,19,22H,3-5,10-12H2,1-2H3,(H,23,24). The van der Waals surface area contributed by atoms with Crippen LogP contribution in [0.5, 0.6) is 0 Å². The maximum Gasteiger partial charge on any atom is 0.327 e. The van der Waals surface area contributed by atoms with Crippen LogP contribution in [0.3, 0.4) is 0 Å². The van der Waals surface area contributed by atoms with Gasteiger partial charge in [0, 0.05) is 25.6 Å². The molecule has 0 aliphatic carbocycles. The van der Waals surface area contributed by atoms with E-state index in [0.717, 1.165) is 48.6 Å². The van der Waals surface area contributed by atoms with Crippen molar-refractivity contribution < 1.29 is 9.18 Å². The molecule has 0 bridgehead atoms. The summed E-state index contributed by atoms with van der Waals surface area (Å²) >= 11 is 0. The Morgan fingerprint density at radius 3 is 2.70 bits per heavy atom. The number of amidine groups is 1. The third-order valence-corrected chi connectivity index (χ3v) is 5.20. The van der Waals surface area contributed by atoms with Gasteiger partial charge in [-0.1, -0.05) is 26.0 Å². The van der Waals surface area contributed by atoms with Crippen LogP contribution in [0, 0.1) is 5.82 Å². The third-order valence-electron chi connectivity index (χ3n) is 5.20. The Morgan fingerprint density at radius 1 is 1.22 bits per heavy atom. The summed E-state index contributed by atoms with van der Waals surface area (Å²) in [6.45, 7) is 5.49. The van der Waals surface area contributed by atoms with E-state index in [4.69, 9.17) is 4.99 Å². The summed E-state index contributed by atoms with van der Waals surface area (Å²) in [6, 6.07) is 6.67. The molecule has 3 aliphatic rings. The van der Waals surface area contributed by atoms with Crippen LogP contribution in [-0.4, -0.2) is 47.0 Å². The van der Waals surface area contributed by atoms with Gasteiger partial charge in [0.1, 0.15) is 23.2 Å². The second kappa shape index (κ2) is 7.21. The molecule has 2 N–H and O–H groups in total. The van der Waals surface area contributed by atoms with Crippen molar-refractivity contribution >= 4 is 11.9 Å². The first kappa shape index (κ1) is 17.8. The highest BCUT2D eigenvalue weighted by molar-refractivity contribution is 5.89. The average Bonchev–Trinajstić information content (AvgIpc) is 3.25. The number of halogens is 1. The van der Waals surface area contributed by atoms with Gasteiger partial charge in [-0.25, -0.2) is 14.2 Å². The smallest absolute Gasteiger partial charge is 0.327 e. The van der Waals surface area contributed by atoms with E-state index in [1.54, 1.807) is 12.1 Å². The molecule has 7 heteroatoms. The lowest BCUT2D eigenvalue weighted by Crippen LogP contribution is -2.53. The quantitative estimate of drug-likeness (QED) is 0.808. The molecule has 3 aliphatic heterocycles. The van der Waals surface area contributed by atoms with E-state index in [2.05, 4.69) is 24.5 Å². The molecule has 0 spiro atoms. The molecule has 2 amide bonds. The number of nitrogens with one attached hydrogen (secondary N) is 2. The Hall–Kier alpha value is -2.57. The SMILES string of the molecule is CCCC1=NC2C(=C3NC(Cc4ccc(F)cc4)CN3C(=O)N2CCC)N1. The molecule has 1 aromatic carbocycles. The van der Waals surface area contributed by atoms with Crippen LogP contribution in [0.4, 0.5) is 9.18 Å². The van der Waals surface area contributed by atoms with E-state index in [1.165, 1.54) is 12.1 Å². The van der Waals surface area contributed by atoms with Crippen LogP contribution < -0.4 is 10.6 Å². The molecule has 144 valence electrons. The minimum Gasteiger partial charge on any atom is -0.365 e. The molecule has 3 heterocycles. The van der Waals surface area contributed by atoms with Gasteiger partial charge in [-0.05, 0) is 37.0 Å². The van der Waals surface area contributed by atoms with E-state index < -0.39 is 0 Å². The minimum absolute atomic E-state index is 0.0120. The maximum atomic E-state index is 13.2. The van der Waals surface area contributed by atoms with Crippen molar-refractivity contribution in [2.24, 2.45) is 4.99 Å². The topological polar surface area (TPSA) is 60.0 Å². The lowest BCUT2D eigenvalue weighted by Gasteiger charge is -2.36. The Bertz CT molecular complexity index is 788. The molecule has 1 saturated heterocycles. The van der Waals surface area contributed by atoms with E-state index in [1.807, 2.05) is 9.80 Å². The highest BCUT2D eigenvalue weighted by atomic mass is 19.1. The van der Waals surface area contributed by atoms with Crippen molar-refractivity contribution in [2.75, 3.05) is 13.1 Å². The molecular weight excluding hydrogens is 345 g/mol. The first-order valence-electron chi connectivity index (χ1n) is 9.77. The molecule has 0 aromatic heterocycles. The van der Waals surface area contributed by atoms with Crippen LogP contribution in [0.2, 0.25) is 0 Å². The number of urea groups is 1. The largest absolute Gasteiger partial charge is 0.365 e. The molecule has 6 nitrogen and oxygen atoms in total. The number of amides is 2. The Balaban J connectivity index is 1.58. The molecule has 27 heavy (non-hydrogen) atoms. The zero-order valence-corrected chi connectivity index (χ0v) is 15.8. The second-order valence-electron chi connectivity index (χ2n) is 7.35. The fraction of sp³-hybridized carbons (Fsp3) is 0.500. The highest BCUT2D eigenvalue weighted by Crippen LogP contribution is 2.32. The molecular formula is C20H26FN5O. The summed E-state index contributed by atoms with van der Waals surface area (Å²) < 4.78 is 13.2. The third kappa shape index (κ3) is 3.26. The lowest BCUT2D eigenvalue weighted by atomic mass is 10.1. The number of nitrogens with zero attached hydrogens (tertiary/aromatic N) is 3. The molecule has 0 radical (unpaired) electrons. The summed E-state index contributed by atoms with van der Waals surface area (Å²) in [5.74, 6) is 1.56. The number of carbonyl (C=O) groups excluding carboxylic acids is 1. The van der Waals surface area contributed by atoms with Crippen LogP contribution in [0.15, 0.2) is 40.8 Å². The van der Waals surface area contributed by atoms with Crippen molar-refractivity contribution in [2.45, 2.75) is 51.7 Å². The summed E-state index contributed by atoms with van der Waals surface area (Å²) in [5.41, 5.74) is 2.03. The van der Waals surface area contributed by atoms with Crippen LogP contribution in [-0.2, 0) is 6.42 Å². The van der Waals surface area contributed by atoms with Gasteiger partial charge in [-0.15, -0.1) is 0 Å². The van der Waals surface area contributed by atoms with Crippen molar-refractivity contribution in [1.29, 1.82) is 0 Å². The van der Waals surface area contributed by atoms with Crippen LogP contribution in [0.1, 0.15) is 38.7 Å². The fourth-order valence-corrected chi connectivity index (χ4v) is 4.00. The Labute approximate surface area is 159 Å². The van der Waals surface area contributed by atoms with Gasteiger partial charge in [0.15, 0.2) is 6.17 Å². The monoisotopic (exact) mass is 371 g/mol. The van der Waals surface area contributed by atoms with Gasteiger partial charge in [-0.2, -0.15) is 0 Å². The van der Waals surface area contributed by atoms with Gasteiger partial charge in [-0.3, -0.25) is 9.80 Å². The van der Waals surface area contributed by atoms with E-state index in [9.17, 15) is 9.18 Å². The lowest BCUT2D eigenvalue weighted by molar-refractivity contribution is 0.146. The summed E-state index contributed by atoms with van der Waals surface area (Å²) in [5, 5.41) is 6.96. The number of carbonyl (C=O) groups is 1. The van der Waals surface area contributed by atoms with Crippen LogP contribution >= 0.6 is 0 Å². The normalized spacial score (nSPS) is 23.8. The Kier molecular flexibility index (Phi) is 4.76. The molecule has 2 unspecified atom stereocenters. The van der Waals surface area contributed by atoms with Crippen LogP contribution in [0.25, 0.3) is 0 Å². The number of aliphatic imine (C=N–C) groups is 1. The predicted molar refractivity (Wildman–Crippen MR) is 102 cm³/mol. The van der Waals surface area contributed by atoms with Crippen molar-refractivity contribution in [3.05, 3.63) is 47.2 Å². The first-order chi connectivity index (χ1) is 13.1. The number of rotatable bonds is 6. The molecule has 2 atom stereocenters. The van der Waals surface area contributed by atoms with E-state index >= 15 is 0 Å². The summed E-state index contributed by atoms with van der Waals surface area (Å²) in [4.78, 5) is 21.5. The summed E-state index contributed by atoms with van der Waals surface area (Å²) in [6.07, 6.45) is 3.27. The highest BCUT2D eigenvalue weighted by Gasteiger charge is 2.46. The fourth-order valence-electron chi connectivity index (χ4n) is 4.00. The molecule has 1 aromatic rings. The predicted octanol–water partition coefficient (Wildman–Crippen LogP) is 2.78. The molecule has 0 saturated carbocycles. The molecule has 4 rings (SSSR count). The van der Waals surface area contributed by atoms with Crippen molar-refractivity contribution in [3.8, 4) is 0 Å². The number of fused-ring (bicyclic) bond motifs is 2. The van der Waals surface area contributed by atoms with Gasteiger partial charge in [0.25, 0.3) is 0 Å². The summed E-state index contributed by atoms with van der Waals surface area (Å²) in [7, 11) is 0. The zero-order chi connectivity index (χ0) is 19.0. The number of hydrogen-bond donors (Lipinski definition) is 2. The van der Waals surface area contributed by atoms with Gasteiger partial charge >= 0.3 is 6.03 Å². The van der Waals surface area contributed by atoms with Gasteiger partial charge < -0.3 is 10.6 Å². The van der Waals surface area contributed by atoms with Crippen molar-refractivity contribution in [1.82, 2.24) is 20.4 Å². The zero-order valence-electron chi connectivity index (χ0n) is 15.8. The van der Waals surface area contributed by atoms with E-state index in [0.29, 0.717) is 13.1 Å². The minimum atomic E-state index is -0.248. The van der Waals surface area contributed by atoms with Gasteiger partial charge in [0.2, 0.25) is 0 Å². The maximum absolute atomic E-state index is 13.2. The first-order valence-corrected chi connectivity index (χ1v) is 9.77. The van der Waals surface area contributed by atoms with Crippen molar-refractivity contribution in [3.63, 3.8) is 0 Å². The number of benzene rings is 1. The second-order valence-corrected chi connectivity index (χ2v) is 7.35. The Morgan fingerprint density at radius 2 is 2.00 bits per heavy atom. The number of hydrogen-bond acceptors (Lipinski definition) is 4. The molecule has 1 fully saturated rings.